The summed E-state index contributed by atoms with van der Waals surface area (Å²) in [6, 6.07) is 9.47. The first kappa shape index (κ1) is 11.0. The Kier molecular flexibility index (Phi) is 3.15. The van der Waals surface area contributed by atoms with E-state index >= 15 is 0 Å². The summed E-state index contributed by atoms with van der Waals surface area (Å²) >= 11 is 3.47. The number of carbonyl (C=O) groups is 1. The number of aromatic nitrogens is 1. The van der Waals surface area contributed by atoms with Gasteiger partial charge in [-0.15, -0.1) is 0 Å². The third-order valence-electron chi connectivity index (χ3n) is 2.41. The lowest BCUT2D eigenvalue weighted by atomic mass is 10.1. The summed E-state index contributed by atoms with van der Waals surface area (Å²) in [7, 11) is 0. The van der Waals surface area contributed by atoms with E-state index in [4.69, 9.17) is 0 Å². The van der Waals surface area contributed by atoms with Crippen LogP contribution in [0.15, 0.2) is 41.0 Å². The van der Waals surface area contributed by atoms with E-state index < -0.39 is 0 Å². The lowest BCUT2D eigenvalue weighted by molar-refractivity contribution is 0.112. The van der Waals surface area contributed by atoms with Gasteiger partial charge in [0.15, 0.2) is 6.29 Å². The Morgan fingerprint density at radius 3 is 2.81 bits per heavy atom. The Balaban J connectivity index is 2.58. The van der Waals surface area contributed by atoms with E-state index in [-0.39, 0.29) is 0 Å². The van der Waals surface area contributed by atoms with Crippen molar-refractivity contribution in [1.82, 2.24) is 4.98 Å². The quantitative estimate of drug-likeness (QED) is 0.784. The van der Waals surface area contributed by atoms with E-state index in [0.29, 0.717) is 5.56 Å². The molecule has 16 heavy (non-hydrogen) atoms. The molecule has 0 radical (unpaired) electrons. The lowest BCUT2D eigenvalue weighted by Crippen LogP contribution is -1.91. The molecule has 0 spiro atoms. The van der Waals surface area contributed by atoms with Crippen molar-refractivity contribution in [2.24, 2.45) is 0 Å². The number of halogens is 1. The predicted molar refractivity (Wildman–Crippen MR) is 67.5 cm³/mol. The van der Waals surface area contributed by atoms with Crippen LogP contribution in [0.3, 0.4) is 0 Å². The standard InChI is InChI=1S/C13H10BrNO/c1-9-4-5-10(7-12(9)14)13-11(8-16)3-2-6-15-13/h2-8H,1H3. The molecular weight excluding hydrogens is 266 g/mol. The van der Waals surface area contributed by atoms with Gasteiger partial charge in [-0.25, -0.2) is 0 Å². The summed E-state index contributed by atoms with van der Waals surface area (Å²) in [6.45, 7) is 2.02. The Labute approximate surface area is 102 Å². The molecule has 1 aromatic carbocycles. The molecule has 0 unspecified atom stereocenters. The fourth-order valence-electron chi connectivity index (χ4n) is 1.49. The van der Waals surface area contributed by atoms with E-state index in [0.717, 1.165) is 27.6 Å². The summed E-state index contributed by atoms with van der Waals surface area (Å²) in [5.74, 6) is 0. The normalized spacial score (nSPS) is 10.1. The van der Waals surface area contributed by atoms with Crippen LogP contribution in [0, 0.1) is 6.92 Å². The zero-order valence-electron chi connectivity index (χ0n) is 8.77. The summed E-state index contributed by atoms with van der Waals surface area (Å²) < 4.78 is 1.02. The topological polar surface area (TPSA) is 30.0 Å². The monoisotopic (exact) mass is 275 g/mol. The number of nitrogens with zero attached hydrogens (tertiary/aromatic N) is 1. The highest BCUT2D eigenvalue weighted by atomic mass is 79.9. The van der Waals surface area contributed by atoms with Crippen LogP contribution in [0.2, 0.25) is 0 Å². The number of hydrogen-bond acceptors (Lipinski definition) is 2. The summed E-state index contributed by atoms with van der Waals surface area (Å²) in [5.41, 5.74) is 3.43. The maximum absolute atomic E-state index is 10.9. The lowest BCUT2D eigenvalue weighted by Gasteiger charge is -2.05. The number of carbonyl (C=O) groups excluding carboxylic acids is 1. The van der Waals surface area contributed by atoms with Gasteiger partial charge in [0.2, 0.25) is 0 Å². The first-order valence-corrected chi connectivity index (χ1v) is 5.68. The van der Waals surface area contributed by atoms with E-state index in [2.05, 4.69) is 20.9 Å². The number of pyridine rings is 1. The molecule has 0 saturated carbocycles. The molecule has 0 amide bonds. The van der Waals surface area contributed by atoms with Crippen LogP contribution in [-0.2, 0) is 0 Å². The predicted octanol–water partition coefficient (Wildman–Crippen LogP) is 3.63. The highest BCUT2D eigenvalue weighted by Gasteiger charge is 2.06. The molecule has 2 aromatic rings. The molecule has 0 N–H and O–H groups in total. The van der Waals surface area contributed by atoms with Crippen LogP contribution in [0.1, 0.15) is 15.9 Å². The molecule has 1 aromatic heterocycles. The van der Waals surface area contributed by atoms with E-state index in [1.54, 1.807) is 18.3 Å². The van der Waals surface area contributed by atoms with Gasteiger partial charge in [0.25, 0.3) is 0 Å². The smallest absolute Gasteiger partial charge is 0.152 e. The third-order valence-corrected chi connectivity index (χ3v) is 3.27. The van der Waals surface area contributed by atoms with Crippen molar-refractivity contribution in [2.45, 2.75) is 6.92 Å². The minimum atomic E-state index is 0.609. The molecular formula is C13H10BrNO. The molecule has 3 heteroatoms. The molecule has 2 nitrogen and oxygen atoms in total. The minimum absolute atomic E-state index is 0.609. The first-order valence-electron chi connectivity index (χ1n) is 4.89. The molecule has 0 atom stereocenters. The van der Waals surface area contributed by atoms with Crippen LogP contribution in [0.5, 0.6) is 0 Å². The molecule has 0 aliphatic carbocycles. The second kappa shape index (κ2) is 4.58. The molecule has 80 valence electrons. The second-order valence-electron chi connectivity index (χ2n) is 3.52. The zero-order valence-corrected chi connectivity index (χ0v) is 10.4. The number of aryl methyl sites for hydroxylation is 1. The average molecular weight is 276 g/mol. The SMILES string of the molecule is Cc1ccc(-c2ncccc2C=O)cc1Br. The van der Waals surface area contributed by atoms with Crippen LogP contribution >= 0.6 is 15.9 Å². The highest BCUT2D eigenvalue weighted by Crippen LogP contribution is 2.25. The first-order chi connectivity index (χ1) is 7.72. The van der Waals surface area contributed by atoms with Crippen LogP contribution < -0.4 is 0 Å². The van der Waals surface area contributed by atoms with Gasteiger partial charge in [-0.2, -0.15) is 0 Å². The second-order valence-corrected chi connectivity index (χ2v) is 4.38. The van der Waals surface area contributed by atoms with Crippen LogP contribution in [0.4, 0.5) is 0 Å². The number of benzene rings is 1. The fourth-order valence-corrected chi connectivity index (χ4v) is 1.87. The van der Waals surface area contributed by atoms with E-state index in [1.807, 2.05) is 25.1 Å². The third kappa shape index (κ3) is 2.04. The Morgan fingerprint density at radius 1 is 1.31 bits per heavy atom. The molecule has 0 saturated heterocycles. The van der Waals surface area contributed by atoms with Gasteiger partial charge in [0, 0.05) is 21.8 Å². The molecule has 1 heterocycles. The van der Waals surface area contributed by atoms with Gasteiger partial charge in [0.05, 0.1) is 5.69 Å². The van der Waals surface area contributed by atoms with Gasteiger partial charge in [-0.3, -0.25) is 9.78 Å². The van der Waals surface area contributed by atoms with Crippen molar-refractivity contribution in [1.29, 1.82) is 0 Å². The number of hydrogen-bond donors (Lipinski definition) is 0. The van der Waals surface area contributed by atoms with E-state index in [9.17, 15) is 4.79 Å². The van der Waals surface area contributed by atoms with Crippen molar-refractivity contribution in [3.63, 3.8) is 0 Å². The van der Waals surface area contributed by atoms with Crippen molar-refractivity contribution in [3.8, 4) is 11.3 Å². The molecule has 0 aliphatic heterocycles. The van der Waals surface area contributed by atoms with Gasteiger partial charge >= 0.3 is 0 Å². The van der Waals surface area contributed by atoms with Crippen LogP contribution in [-0.4, -0.2) is 11.3 Å². The Morgan fingerprint density at radius 2 is 2.12 bits per heavy atom. The Bertz CT molecular complexity index is 537. The van der Waals surface area contributed by atoms with Crippen LogP contribution in [0.25, 0.3) is 11.3 Å². The fraction of sp³-hybridized carbons (Fsp3) is 0.0769. The minimum Gasteiger partial charge on any atom is -0.298 e. The highest BCUT2D eigenvalue weighted by molar-refractivity contribution is 9.10. The van der Waals surface area contributed by atoms with Gasteiger partial charge in [-0.1, -0.05) is 28.1 Å². The maximum atomic E-state index is 10.9. The van der Waals surface area contributed by atoms with Crippen molar-refractivity contribution in [2.75, 3.05) is 0 Å². The molecule has 0 bridgehead atoms. The number of aldehydes is 1. The summed E-state index contributed by atoms with van der Waals surface area (Å²) in [4.78, 5) is 15.1. The molecule has 0 fully saturated rings. The van der Waals surface area contributed by atoms with Gasteiger partial charge in [0.1, 0.15) is 0 Å². The summed E-state index contributed by atoms with van der Waals surface area (Å²) in [6.07, 6.45) is 2.52. The number of rotatable bonds is 2. The summed E-state index contributed by atoms with van der Waals surface area (Å²) in [5, 5.41) is 0. The van der Waals surface area contributed by atoms with Gasteiger partial charge in [-0.05, 0) is 30.7 Å². The maximum Gasteiger partial charge on any atom is 0.152 e. The Hall–Kier alpha value is -1.48. The average Bonchev–Trinajstić information content (AvgIpc) is 2.32. The van der Waals surface area contributed by atoms with Crippen molar-refractivity contribution >= 4 is 22.2 Å². The zero-order chi connectivity index (χ0) is 11.5. The molecule has 0 aliphatic rings. The van der Waals surface area contributed by atoms with Crippen molar-refractivity contribution < 1.29 is 4.79 Å². The van der Waals surface area contributed by atoms with E-state index in [1.165, 1.54) is 0 Å². The van der Waals surface area contributed by atoms with Crippen molar-refractivity contribution in [3.05, 3.63) is 52.1 Å². The van der Waals surface area contributed by atoms with Gasteiger partial charge < -0.3 is 0 Å². The molecule has 2 rings (SSSR count). The largest absolute Gasteiger partial charge is 0.298 e.